The van der Waals surface area contributed by atoms with Crippen molar-refractivity contribution in [2.24, 2.45) is 0 Å². The van der Waals surface area contributed by atoms with Crippen LogP contribution in [-0.4, -0.2) is 73.6 Å². The summed E-state index contributed by atoms with van der Waals surface area (Å²) >= 11 is 1.52. The van der Waals surface area contributed by atoms with Gasteiger partial charge in [0.2, 0.25) is 0 Å². The molecule has 2 aliphatic heterocycles. The average Bonchev–Trinajstić information content (AvgIpc) is 3.09. The summed E-state index contributed by atoms with van der Waals surface area (Å²) in [6.45, 7) is 4.27. The highest BCUT2D eigenvalue weighted by atomic mass is 35.5. The molecule has 0 saturated carbocycles. The number of piperazine rings is 1. The van der Waals surface area contributed by atoms with Crippen LogP contribution in [0.5, 0.6) is 0 Å². The Morgan fingerprint density at radius 2 is 1.95 bits per heavy atom. The monoisotopic (exact) mass is 345 g/mol. The number of hydrogen-bond acceptors (Lipinski definition) is 5. The fraction of sp³-hybridized carbons (Fsp3) is 0.571. The van der Waals surface area contributed by atoms with E-state index in [9.17, 15) is 9.59 Å². The van der Waals surface area contributed by atoms with Crippen molar-refractivity contribution in [2.45, 2.75) is 6.10 Å². The first-order chi connectivity index (χ1) is 10.3. The fourth-order valence-electron chi connectivity index (χ4n) is 2.63. The summed E-state index contributed by atoms with van der Waals surface area (Å²) in [7, 11) is 0. The van der Waals surface area contributed by atoms with E-state index >= 15 is 0 Å². The number of carbonyl (C=O) groups excluding carboxylic acids is 2. The number of hydrogen-bond donors (Lipinski definition) is 1. The Bertz CT molecular complexity index is 497. The third kappa shape index (κ3) is 3.78. The van der Waals surface area contributed by atoms with E-state index in [1.165, 1.54) is 11.3 Å². The number of ether oxygens (including phenoxy) is 1. The zero-order chi connectivity index (χ0) is 14.7. The quantitative estimate of drug-likeness (QED) is 0.845. The van der Waals surface area contributed by atoms with Crippen LogP contribution in [0.1, 0.15) is 10.4 Å². The van der Waals surface area contributed by atoms with E-state index in [4.69, 9.17) is 4.74 Å². The summed E-state index contributed by atoms with van der Waals surface area (Å²) in [6, 6.07) is 1.84. The van der Waals surface area contributed by atoms with Crippen LogP contribution in [0.3, 0.4) is 0 Å². The van der Waals surface area contributed by atoms with Gasteiger partial charge in [-0.25, -0.2) is 0 Å². The molecule has 3 heterocycles. The van der Waals surface area contributed by atoms with E-state index < -0.39 is 0 Å². The van der Waals surface area contributed by atoms with Gasteiger partial charge in [0.1, 0.15) is 6.10 Å². The fourth-order valence-corrected chi connectivity index (χ4v) is 3.26. The molecule has 0 spiro atoms. The smallest absolute Gasteiger partial charge is 0.254 e. The Hall–Kier alpha value is -1.15. The maximum absolute atomic E-state index is 12.3. The Labute approximate surface area is 139 Å². The lowest BCUT2D eigenvalue weighted by atomic mass is 10.2. The largest absolute Gasteiger partial charge is 0.366 e. The molecule has 1 unspecified atom stereocenters. The molecule has 2 saturated heterocycles. The van der Waals surface area contributed by atoms with E-state index in [1.807, 2.05) is 21.7 Å². The summed E-state index contributed by atoms with van der Waals surface area (Å²) in [6.07, 6.45) is -0.377. The molecule has 22 heavy (non-hydrogen) atoms. The van der Waals surface area contributed by atoms with Crippen LogP contribution in [0, 0.1) is 0 Å². The van der Waals surface area contributed by atoms with Gasteiger partial charge in [0.05, 0.1) is 12.2 Å². The van der Waals surface area contributed by atoms with Crippen molar-refractivity contribution in [1.29, 1.82) is 0 Å². The first-order valence-corrected chi connectivity index (χ1v) is 8.12. The number of nitrogens with zero attached hydrogens (tertiary/aromatic N) is 2. The molecule has 6 nitrogen and oxygen atoms in total. The van der Waals surface area contributed by atoms with Gasteiger partial charge in [0.15, 0.2) is 0 Å². The molecule has 0 radical (unpaired) electrons. The van der Waals surface area contributed by atoms with Crippen molar-refractivity contribution < 1.29 is 14.3 Å². The molecule has 2 amide bonds. The minimum absolute atomic E-state index is 0. The van der Waals surface area contributed by atoms with Gasteiger partial charge >= 0.3 is 0 Å². The topological polar surface area (TPSA) is 61.9 Å². The van der Waals surface area contributed by atoms with Crippen molar-refractivity contribution in [1.82, 2.24) is 15.1 Å². The molecule has 3 rings (SSSR count). The highest BCUT2D eigenvalue weighted by Crippen LogP contribution is 2.13. The predicted octanol–water partition coefficient (Wildman–Crippen LogP) is 0.443. The van der Waals surface area contributed by atoms with Crippen molar-refractivity contribution in [3.63, 3.8) is 0 Å². The predicted molar refractivity (Wildman–Crippen MR) is 86.7 cm³/mol. The van der Waals surface area contributed by atoms with E-state index in [1.54, 1.807) is 4.90 Å². The molecule has 0 bridgehead atoms. The Balaban J connectivity index is 0.00000176. The number of amides is 2. The van der Waals surface area contributed by atoms with Crippen LogP contribution in [0.4, 0.5) is 0 Å². The summed E-state index contributed by atoms with van der Waals surface area (Å²) in [5.74, 6) is 0.0868. The minimum Gasteiger partial charge on any atom is -0.366 e. The molecule has 2 aliphatic rings. The van der Waals surface area contributed by atoms with Crippen molar-refractivity contribution in [3.8, 4) is 0 Å². The third-order valence-electron chi connectivity index (χ3n) is 3.85. The first kappa shape index (κ1) is 17.2. The lowest BCUT2D eigenvalue weighted by Gasteiger charge is -2.37. The van der Waals surface area contributed by atoms with Crippen molar-refractivity contribution >= 4 is 35.6 Å². The lowest BCUT2D eigenvalue weighted by molar-refractivity contribution is -0.146. The third-order valence-corrected chi connectivity index (χ3v) is 4.53. The maximum atomic E-state index is 12.3. The number of thiophene rings is 1. The van der Waals surface area contributed by atoms with Gasteiger partial charge in [-0.15, -0.1) is 12.4 Å². The van der Waals surface area contributed by atoms with Crippen LogP contribution < -0.4 is 5.32 Å². The normalized spacial score (nSPS) is 22.1. The highest BCUT2D eigenvalue weighted by molar-refractivity contribution is 7.08. The highest BCUT2D eigenvalue weighted by Gasteiger charge is 2.30. The van der Waals surface area contributed by atoms with Gasteiger partial charge in [0.25, 0.3) is 11.8 Å². The SMILES string of the molecule is Cl.O=C(c1ccsc1)N1CCN(C(=O)C2CNCCO2)CC1. The summed E-state index contributed by atoms with van der Waals surface area (Å²) in [5.41, 5.74) is 0.736. The maximum Gasteiger partial charge on any atom is 0.254 e. The lowest BCUT2D eigenvalue weighted by Crippen LogP contribution is -2.55. The summed E-state index contributed by atoms with van der Waals surface area (Å²) in [5, 5.41) is 6.93. The zero-order valence-electron chi connectivity index (χ0n) is 12.2. The number of rotatable bonds is 2. The van der Waals surface area contributed by atoms with Crippen LogP contribution in [0.25, 0.3) is 0 Å². The number of nitrogens with one attached hydrogen (secondary N) is 1. The number of morpholine rings is 1. The molecule has 1 atom stereocenters. The Morgan fingerprint density at radius 3 is 2.55 bits per heavy atom. The molecule has 1 N–H and O–H groups in total. The van der Waals surface area contributed by atoms with Crippen molar-refractivity contribution in [3.05, 3.63) is 22.4 Å². The second-order valence-corrected chi connectivity index (χ2v) is 5.97. The molecule has 0 aromatic carbocycles. The Morgan fingerprint density at radius 1 is 1.23 bits per heavy atom. The van der Waals surface area contributed by atoms with Crippen LogP contribution in [0.15, 0.2) is 16.8 Å². The van der Waals surface area contributed by atoms with Crippen LogP contribution in [0.2, 0.25) is 0 Å². The summed E-state index contributed by atoms with van der Waals surface area (Å²) < 4.78 is 5.49. The van der Waals surface area contributed by atoms with Crippen LogP contribution in [-0.2, 0) is 9.53 Å². The number of carbonyl (C=O) groups is 2. The van der Waals surface area contributed by atoms with E-state index in [-0.39, 0.29) is 30.3 Å². The number of halogens is 1. The molecular weight excluding hydrogens is 326 g/mol. The zero-order valence-corrected chi connectivity index (χ0v) is 13.8. The van der Waals surface area contributed by atoms with E-state index in [0.717, 1.165) is 12.1 Å². The van der Waals surface area contributed by atoms with Gasteiger partial charge in [-0.3, -0.25) is 9.59 Å². The van der Waals surface area contributed by atoms with Crippen LogP contribution >= 0.6 is 23.7 Å². The molecule has 122 valence electrons. The van der Waals surface area contributed by atoms with Crippen molar-refractivity contribution in [2.75, 3.05) is 45.9 Å². The molecule has 1 aromatic rings. The van der Waals surface area contributed by atoms with Gasteiger partial charge < -0.3 is 19.9 Å². The minimum atomic E-state index is -0.377. The first-order valence-electron chi connectivity index (χ1n) is 7.18. The summed E-state index contributed by atoms with van der Waals surface area (Å²) in [4.78, 5) is 28.2. The molecule has 1 aromatic heterocycles. The Kier molecular flexibility index (Phi) is 6.19. The van der Waals surface area contributed by atoms with Gasteiger partial charge in [-0.1, -0.05) is 0 Å². The molecule has 2 fully saturated rings. The second-order valence-electron chi connectivity index (χ2n) is 5.19. The average molecular weight is 346 g/mol. The van der Waals surface area contributed by atoms with Gasteiger partial charge in [0, 0.05) is 44.6 Å². The van der Waals surface area contributed by atoms with Gasteiger partial charge in [-0.05, 0) is 11.4 Å². The van der Waals surface area contributed by atoms with E-state index in [0.29, 0.717) is 39.3 Å². The van der Waals surface area contributed by atoms with E-state index in [2.05, 4.69) is 5.32 Å². The second kappa shape index (κ2) is 7.92. The standard InChI is InChI=1S/C14H19N3O3S.ClH/c18-13(11-1-8-21-10-11)16-3-5-17(6-4-16)14(19)12-9-15-2-7-20-12;/h1,8,10,12,15H,2-7,9H2;1H. The van der Waals surface area contributed by atoms with Gasteiger partial charge in [-0.2, -0.15) is 11.3 Å². The molecular formula is C14H20ClN3O3S. The molecule has 8 heteroatoms. The molecule has 0 aliphatic carbocycles.